The molecule has 0 aromatic heterocycles. The first kappa shape index (κ1) is 25.0. The van der Waals surface area contributed by atoms with Crippen LogP contribution >= 0.6 is 23.2 Å². The number of hydrogen-bond acceptors (Lipinski definition) is 4. The molecule has 5 atom stereocenters. The largest absolute Gasteiger partial charge is 0.469 e. The van der Waals surface area contributed by atoms with Crippen LogP contribution in [0.3, 0.4) is 0 Å². The van der Waals surface area contributed by atoms with Crippen LogP contribution in [0.15, 0.2) is 42.5 Å². The van der Waals surface area contributed by atoms with Crippen molar-refractivity contribution < 1.29 is 18.7 Å². The van der Waals surface area contributed by atoms with Crippen LogP contribution in [0.5, 0.6) is 0 Å². The minimum Gasteiger partial charge on any atom is -0.469 e. The quantitative estimate of drug-likeness (QED) is 0.462. The zero-order valence-electron chi connectivity index (χ0n) is 19.3. The monoisotopic (exact) mass is 506 g/mol. The number of ether oxygens (including phenoxy) is 1. The first-order valence-corrected chi connectivity index (χ1v) is 12.4. The van der Waals surface area contributed by atoms with Crippen molar-refractivity contribution in [3.05, 3.63) is 63.9 Å². The molecule has 1 amide bonds. The average molecular weight is 507 g/mol. The normalized spacial score (nSPS) is 25.1. The van der Waals surface area contributed by atoms with Crippen LogP contribution in [-0.4, -0.2) is 43.0 Å². The molecule has 2 fully saturated rings. The van der Waals surface area contributed by atoms with E-state index >= 15 is 0 Å². The number of methoxy groups -OCH3 is 1. The van der Waals surface area contributed by atoms with Crippen LogP contribution in [0.1, 0.15) is 37.7 Å². The summed E-state index contributed by atoms with van der Waals surface area (Å²) < 4.78 is 19.9. The summed E-state index contributed by atoms with van der Waals surface area (Å²) in [6, 6.07) is 11.3. The number of anilines is 1. The lowest BCUT2D eigenvalue weighted by Crippen LogP contribution is -2.43. The number of nitrogens with one attached hydrogen (secondary N) is 1. The maximum absolute atomic E-state index is 15.0. The van der Waals surface area contributed by atoms with E-state index in [2.05, 4.69) is 10.2 Å². The Bertz CT molecular complexity index is 1070. The van der Waals surface area contributed by atoms with Gasteiger partial charge in [0.15, 0.2) is 0 Å². The van der Waals surface area contributed by atoms with Crippen molar-refractivity contribution in [3.8, 4) is 0 Å². The van der Waals surface area contributed by atoms with Gasteiger partial charge in [-0.05, 0) is 67.5 Å². The molecule has 1 aliphatic carbocycles. The summed E-state index contributed by atoms with van der Waals surface area (Å²) >= 11 is 12.2. The van der Waals surface area contributed by atoms with Crippen LogP contribution in [0.25, 0.3) is 0 Å². The molecule has 34 heavy (non-hydrogen) atoms. The Kier molecular flexibility index (Phi) is 7.80. The van der Waals surface area contributed by atoms with E-state index in [9.17, 15) is 14.0 Å². The van der Waals surface area contributed by atoms with Gasteiger partial charge >= 0.3 is 5.97 Å². The molecule has 5 nitrogen and oxygen atoms in total. The maximum Gasteiger partial charge on any atom is 0.308 e. The fraction of sp³-hybridized carbons (Fsp3) is 0.462. The SMILES string of the molecule is CCC(C(=O)OC)C1CC1CN1CC[C@H](c2cccc(Cl)c2F)[C@@H]1C(=O)Nc1cccc(Cl)c1. The topological polar surface area (TPSA) is 58.6 Å². The number of benzene rings is 2. The molecule has 8 heteroatoms. The van der Waals surface area contributed by atoms with Crippen LogP contribution in [0.4, 0.5) is 10.1 Å². The predicted octanol–water partition coefficient (Wildman–Crippen LogP) is 5.76. The lowest BCUT2D eigenvalue weighted by Gasteiger charge is -2.28. The van der Waals surface area contributed by atoms with Crippen LogP contribution in [0.2, 0.25) is 10.0 Å². The lowest BCUT2D eigenvalue weighted by atomic mass is 9.90. The number of halogens is 3. The van der Waals surface area contributed by atoms with Gasteiger partial charge in [0.05, 0.1) is 24.1 Å². The van der Waals surface area contributed by atoms with Gasteiger partial charge in [-0.2, -0.15) is 0 Å². The molecule has 2 aromatic rings. The molecule has 3 unspecified atom stereocenters. The minimum atomic E-state index is -0.564. The molecule has 1 saturated heterocycles. The number of esters is 1. The summed E-state index contributed by atoms with van der Waals surface area (Å²) in [6.07, 6.45) is 2.28. The smallest absolute Gasteiger partial charge is 0.308 e. The van der Waals surface area contributed by atoms with E-state index in [1.807, 2.05) is 6.92 Å². The molecule has 2 aliphatic rings. The summed E-state index contributed by atoms with van der Waals surface area (Å²) in [4.78, 5) is 27.8. The first-order valence-electron chi connectivity index (χ1n) is 11.7. The van der Waals surface area contributed by atoms with Gasteiger partial charge in [0.1, 0.15) is 5.82 Å². The van der Waals surface area contributed by atoms with Crippen molar-refractivity contribution in [3.63, 3.8) is 0 Å². The standard InChI is InChI=1S/C26H29Cl2FN2O3/c1-3-18(26(33)34-2)21-12-15(21)14-31-11-10-20(19-8-5-9-22(28)23(19)29)24(31)25(32)30-17-7-4-6-16(27)13-17/h4-9,13,15,18,20-21,24H,3,10-12,14H2,1-2H3,(H,30,32)/t15?,18?,20-,21?,24-/m1/s1. The van der Waals surface area contributed by atoms with E-state index in [1.165, 1.54) is 13.2 Å². The summed E-state index contributed by atoms with van der Waals surface area (Å²) in [5.41, 5.74) is 1.05. The molecule has 1 heterocycles. The van der Waals surface area contributed by atoms with Crippen molar-refractivity contribution in [1.82, 2.24) is 4.90 Å². The fourth-order valence-electron chi connectivity index (χ4n) is 5.40. The summed E-state index contributed by atoms with van der Waals surface area (Å²) in [5, 5.41) is 3.53. The molecular weight excluding hydrogens is 478 g/mol. The Morgan fingerprint density at radius 3 is 2.71 bits per heavy atom. The van der Waals surface area contributed by atoms with Crippen LogP contribution < -0.4 is 5.32 Å². The highest BCUT2D eigenvalue weighted by Gasteiger charge is 2.49. The van der Waals surface area contributed by atoms with E-state index in [0.717, 1.165) is 12.8 Å². The molecule has 1 N–H and O–H groups in total. The summed E-state index contributed by atoms with van der Waals surface area (Å²) in [7, 11) is 1.42. The molecule has 0 spiro atoms. The average Bonchev–Trinajstić information content (AvgIpc) is 3.43. The van der Waals surface area contributed by atoms with Gasteiger partial charge < -0.3 is 10.1 Å². The molecule has 4 rings (SSSR count). The Morgan fingerprint density at radius 2 is 2.00 bits per heavy atom. The number of nitrogens with zero attached hydrogens (tertiary/aromatic N) is 1. The third-order valence-electron chi connectivity index (χ3n) is 7.15. The minimum absolute atomic E-state index is 0.0519. The van der Waals surface area contributed by atoms with Crippen molar-refractivity contribution >= 4 is 40.8 Å². The zero-order chi connectivity index (χ0) is 24.4. The van der Waals surface area contributed by atoms with Crippen molar-refractivity contribution in [1.29, 1.82) is 0 Å². The number of amides is 1. The number of carbonyl (C=O) groups excluding carboxylic acids is 2. The number of hydrogen-bond donors (Lipinski definition) is 1. The van der Waals surface area contributed by atoms with Gasteiger partial charge in [-0.15, -0.1) is 0 Å². The highest BCUT2D eigenvalue weighted by Crippen LogP contribution is 2.48. The number of rotatable bonds is 8. The third-order valence-corrected chi connectivity index (χ3v) is 7.68. The second-order valence-electron chi connectivity index (χ2n) is 9.18. The van der Waals surface area contributed by atoms with Crippen molar-refractivity contribution in [2.75, 3.05) is 25.5 Å². The second-order valence-corrected chi connectivity index (χ2v) is 10.0. The second kappa shape index (κ2) is 10.6. The zero-order valence-corrected chi connectivity index (χ0v) is 20.8. The Hall–Kier alpha value is -2.15. The molecule has 1 aliphatic heterocycles. The van der Waals surface area contributed by atoms with Crippen LogP contribution in [0, 0.1) is 23.6 Å². The molecule has 0 bridgehead atoms. The van der Waals surface area contributed by atoms with Crippen molar-refractivity contribution in [2.24, 2.45) is 17.8 Å². The third kappa shape index (κ3) is 5.24. The highest BCUT2D eigenvalue weighted by molar-refractivity contribution is 6.31. The van der Waals surface area contributed by atoms with Crippen molar-refractivity contribution in [2.45, 2.75) is 38.1 Å². The van der Waals surface area contributed by atoms with E-state index in [0.29, 0.717) is 41.7 Å². The van der Waals surface area contributed by atoms with Gasteiger partial charge in [-0.25, -0.2) is 4.39 Å². The molecule has 0 radical (unpaired) electrons. The van der Waals surface area contributed by atoms with E-state index in [-0.39, 0.29) is 34.7 Å². The fourth-order valence-corrected chi connectivity index (χ4v) is 5.77. The number of carbonyl (C=O) groups is 2. The number of likely N-dealkylation sites (tertiary alicyclic amines) is 1. The molecular formula is C26H29Cl2FN2O3. The molecule has 2 aromatic carbocycles. The van der Waals surface area contributed by atoms with Gasteiger partial charge in [0.25, 0.3) is 0 Å². The van der Waals surface area contributed by atoms with Gasteiger partial charge in [-0.3, -0.25) is 14.5 Å². The summed E-state index contributed by atoms with van der Waals surface area (Å²) in [6.45, 7) is 3.32. The van der Waals surface area contributed by atoms with E-state index < -0.39 is 11.9 Å². The molecule has 182 valence electrons. The van der Waals surface area contributed by atoms with Gasteiger partial charge in [-0.1, -0.05) is 48.3 Å². The highest BCUT2D eigenvalue weighted by atomic mass is 35.5. The van der Waals surface area contributed by atoms with E-state index in [1.54, 1.807) is 36.4 Å². The predicted molar refractivity (Wildman–Crippen MR) is 132 cm³/mol. The molecule has 1 saturated carbocycles. The van der Waals surface area contributed by atoms with Gasteiger partial charge in [0.2, 0.25) is 5.91 Å². The maximum atomic E-state index is 15.0. The first-order chi connectivity index (χ1) is 16.3. The lowest BCUT2D eigenvalue weighted by molar-refractivity contribution is -0.146. The Morgan fingerprint density at radius 1 is 1.24 bits per heavy atom. The Labute approximate surface area is 209 Å². The van der Waals surface area contributed by atoms with E-state index in [4.69, 9.17) is 27.9 Å². The van der Waals surface area contributed by atoms with Crippen LogP contribution in [-0.2, 0) is 14.3 Å². The van der Waals surface area contributed by atoms with Gasteiger partial charge in [0, 0.05) is 23.2 Å². The Balaban J connectivity index is 1.56. The summed E-state index contributed by atoms with van der Waals surface area (Å²) in [5.74, 6) is -0.774.